The number of hydrogen-bond acceptors (Lipinski definition) is 7. The van der Waals surface area contributed by atoms with Crippen molar-refractivity contribution in [3.63, 3.8) is 0 Å². The number of nitriles is 1. The predicted molar refractivity (Wildman–Crippen MR) is 133 cm³/mol. The molecule has 0 aliphatic carbocycles. The molecule has 9 nitrogen and oxygen atoms in total. The minimum absolute atomic E-state index is 0.0854. The fraction of sp³-hybridized carbons (Fsp3) is 0.296. The molecule has 9 heteroatoms. The Kier molecular flexibility index (Phi) is 5.58. The van der Waals surface area contributed by atoms with Crippen molar-refractivity contribution in [1.82, 2.24) is 24.5 Å². The number of anilines is 1. The van der Waals surface area contributed by atoms with Gasteiger partial charge >= 0.3 is 0 Å². The van der Waals surface area contributed by atoms with Gasteiger partial charge in [0.2, 0.25) is 0 Å². The molecule has 1 saturated heterocycles. The molecule has 1 fully saturated rings. The smallest absolute Gasteiger partial charge is 0.259 e. The van der Waals surface area contributed by atoms with Crippen LogP contribution >= 0.6 is 0 Å². The van der Waals surface area contributed by atoms with Gasteiger partial charge in [0.25, 0.3) is 5.91 Å². The number of ether oxygens (including phenoxy) is 1. The molecule has 0 bridgehead atoms. The highest BCUT2D eigenvalue weighted by molar-refractivity contribution is 6.00. The van der Waals surface area contributed by atoms with E-state index in [2.05, 4.69) is 21.1 Å². The van der Waals surface area contributed by atoms with E-state index < -0.39 is 0 Å². The van der Waals surface area contributed by atoms with E-state index in [4.69, 9.17) is 9.72 Å². The van der Waals surface area contributed by atoms with Crippen LogP contribution < -0.4 is 4.90 Å². The molecule has 1 unspecified atom stereocenters. The minimum Gasteiger partial charge on any atom is -0.376 e. The summed E-state index contributed by atoms with van der Waals surface area (Å²) in [5, 5.41) is 14.4. The van der Waals surface area contributed by atoms with Crippen molar-refractivity contribution in [2.75, 3.05) is 31.1 Å². The lowest BCUT2D eigenvalue weighted by atomic mass is 9.93. The third-order valence-corrected chi connectivity index (χ3v) is 6.99. The Labute approximate surface area is 208 Å². The van der Waals surface area contributed by atoms with Crippen LogP contribution in [0.15, 0.2) is 55.0 Å². The first-order chi connectivity index (χ1) is 17.7. The largest absolute Gasteiger partial charge is 0.376 e. The van der Waals surface area contributed by atoms with Gasteiger partial charge in [-0.3, -0.25) is 4.79 Å². The highest BCUT2D eigenvalue weighted by Crippen LogP contribution is 2.35. The number of amides is 1. The normalized spacial score (nSPS) is 17.6. The van der Waals surface area contributed by atoms with Crippen molar-refractivity contribution in [2.24, 2.45) is 0 Å². The van der Waals surface area contributed by atoms with E-state index in [1.807, 2.05) is 42.2 Å². The zero-order valence-electron chi connectivity index (χ0n) is 20.0. The van der Waals surface area contributed by atoms with Crippen molar-refractivity contribution in [3.05, 3.63) is 77.2 Å². The van der Waals surface area contributed by atoms with Crippen LogP contribution in [0.5, 0.6) is 0 Å². The Morgan fingerprint density at radius 2 is 2.03 bits per heavy atom. The molecule has 180 valence electrons. The Hall–Kier alpha value is -4.29. The number of benzene rings is 1. The van der Waals surface area contributed by atoms with E-state index in [0.717, 1.165) is 22.4 Å². The summed E-state index contributed by atoms with van der Waals surface area (Å²) in [5.41, 5.74) is 5.55. The lowest BCUT2D eigenvalue weighted by molar-refractivity contribution is 0.0675. The zero-order chi connectivity index (χ0) is 24.6. The van der Waals surface area contributed by atoms with E-state index in [1.54, 1.807) is 29.2 Å². The van der Waals surface area contributed by atoms with Gasteiger partial charge in [0, 0.05) is 49.2 Å². The molecular weight excluding hydrogens is 454 g/mol. The average molecular weight is 480 g/mol. The second-order valence-corrected chi connectivity index (χ2v) is 9.14. The van der Waals surface area contributed by atoms with Gasteiger partial charge in [-0.15, -0.1) is 0 Å². The molecule has 5 heterocycles. The molecular formula is C27H25N7O2. The average Bonchev–Trinajstić information content (AvgIpc) is 3.36. The molecule has 2 aliphatic heterocycles. The number of pyridine rings is 1. The van der Waals surface area contributed by atoms with E-state index in [-0.39, 0.29) is 11.9 Å². The highest BCUT2D eigenvalue weighted by atomic mass is 16.5. The molecule has 0 N–H and O–H groups in total. The van der Waals surface area contributed by atoms with Crippen LogP contribution in [0.25, 0.3) is 16.9 Å². The monoisotopic (exact) mass is 479 g/mol. The van der Waals surface area contributed by atoms with Gasteiger partial charge in [0.1, 0.15) is 17.5 Å². The number of piperazine rings is 1. The third kappa shape index (κ3) is 3.67. The highest BCUT2D eigenvalue weighted by Gasteiger charge is 2.33. The Balaban J connectivity index is 1.33. The van der Waals surface area contributed by atoms with Crippen LogP contribution in [-0.2, 0) is 17.8 Å². The zero-order valence-corrected chi connectivity index (χ0v) is 20.0. The van der Waals surface area contributed by atoms with Crippen molar-refractivity contribution in [3.8, 4) is 17.3 Å². The van der Waals surface area contributed by atoms with E-state index in [0.29, 0.717) is 61.9 Å². The summed E-state index contributed by atoms with van der Waals surface area (Å²) in [7, 11) is 0. The van der Waals surface area contributed by atoms with Gasteiger partial charge in [-0.2, -0.15) is 10.4 Å². The SMILES string of the molecule is CC1CN(c2nc(-c3ccccc3)c3c(c2C#N)CCOC3)CCN1C(=O)c1cnn2cccnc12. The molecule has 1 aromatic carbocycles. The second kappa shape index (κ2) is 9.06. The van der Waals surface area contributed by atoms with Crippen molar-refractivity contribution < 1.29 is 9.53 Å². The third-order valence-electron chi connectivity index (χ3n) is 6.99. The molecule has 0 saturated carbocycles. The Bertz CT molecular complexity index is 1490. The summed E-state index contributed by atoms with van der Waals surface area (Å²) in [5.74, 6) is 0.602. The van der Waals surface area contributed by atoms with Crippen LogP contribution in [0.2, 0.25) is 0 Å². The van der Waals surface area contributed by atoms with Crippen LogP contribution in [0.3, 0.4) is 0 Å². The molecule has 0 spiro atoms. The van der Waals surface area contributed by atoms with E-state index in [1.165, 1.54) is 0 Å². The molecule has 3 aromatic heterocycles. The number of rotatable bonds is 3. The maximum absolute atomic E-state index is 13.4. The van der Waals surface area contributed by atoms with Crippen molar-refractivity contribution in [1.29, 1.82) is 5.26 Å². The van der Waals surface area contributed by atoms with Crippen molar-refractivity contribution in [2.45, 2.75) is 26.0 Å². The quantitative estimate of drug-likeness (QED) is 0.445. The molecule has 4 aromatic rings. The fourth-order valence-corrected chi connectivity index (χ4v) is 5.20. The molecule has 2 aliphatic rings. The van der Waals surface area contributed by atoms with Crippen LogP contribution in [0.4, 0.5) is 5.82 Å². The van der Waals surface area contributed by atoms with Gasteiger partial charge in [0.15, 0.2) is 5.65 Å². The van der Waals surface area contributed by atoms with Gasteiger partial charge in [-0.25, -0.2) is 14.5 Å². The number of carbonyl (C=O) groups is 1. The number of hydrogen-bond donors (Lipinski definition) is 0. The van der Waals surface area contributed by atoms with Crippen LogP contribution in [-0.4, -0.2) is 62.7 Å². The molecule has 1 amide bonds. The van der Waals surface area contributed by atoms with Gasteiger partial charge < -0.3 is 14.5 Å². The maximum Gasteiger partial charge on any atom is 0.259 e. The second-order valence-electron chi connectivity index (χ2n) is 9.14. The summed E-state index contributed by atoms with van der Waals surface area (Å²) in [6, 6.07) is 14.2. The Morgan fingerprint density at radius 1 is 1.17 bits per heavy atom. The molecule has 6 rings (SSSR count). The summed E-state index contributed by atoms with van der Waals surface area (Å²) in [4.78, 5) is 26.8. The summed E-state index contributed by atoms with van der Waals surface area (Å²) < 4.78 is 7.36. The minimum atomic E-state index is -0.0862. The van der Waals surface area contributed by atoms with Gasteiger partial charge in [0.05, 0.1) is 30.7 Å². The number of aromatic nitrogens is 4. The lowest BCUT2D eigenvalue weighted by Gasteiger charge is -2.41. The van der Waals surface area contributed by atoms with E-state index >= 15 is 0 Å². The topological polar surface area (TPSA) is 99.7 Å². The Morgan fingerprint density at radius 3 is 2.83 bits per heavy atom. The standard InChI is InChI=1S/C27H25N7O2/c1-18-16-32(11-12-33(18)27(35)22-15-30-34-10-5-9-29-25(22)34)26-21(14-28)20-8-13-36-17-23(20)24(31-26)19-6-3-2-4-7-19/h2-7,9-10,15,18H,8,11-13,16-17H2,1H3. The van der Waals surface area contributed by atoms with Crippen LogP contribution in [0.1, 0.15) is 34.0 Å². The summed E-state index contributed by atoms with van der Waals surface area (Å²) in [6.07, 6.45) is 5.71. The number of fused-ring (bicyclic) bond motifs is 2. The molecule has 36 heavy (non-hydrogen) atoms. The van der Waals surface area contributed by atoms with Crippen molar-refractivity contribution >= 4 is 17.4 Å². The predicted octanol–water partition coefficient (Wildman–Crippen LogP) is 3.09. The van der Waals surface area contributed by atoms with Gasteiger partial charge in [-0.05, 0) is 25.0 Å². The first-order valence-electron chi connectivity index (χ1n) is 12.1. The number of nitrogens with zero attached hydrogens (tertiary/aromatic N) is 7. The lowest BCUT2D eigenvalue weighted by Crippen LogP contribution is -2.54. The first-order valence-corrected chi connectivity index (χ1v) is 12.1. The van der Waals surface area contributed by atoms with E-state index in [9.17, 15) is 10.1 Å². The summed E-state index contributed by atoms with van der Waals surface area (Å²) >= 11 is 0. The van der Waals surface area contributed by atoms with Gasteiger partial charge in [-0.1, -0.05) is 30.3 Å². The molecule has 1 atom stereocenters. The maximum atomic E-state index is 13.4. The summed E-state index contributed by atoms with van der Waals surface area (Å²) in [6.45, 7) is 4.73. The first kappa shape index (κ1) is 22.2. The fourth-order valence-electron chi connectivity index (χ4n) is 5.20. The molecule has 0 radical (unpaired) electrons. The van der Waals surface area contributed by atoms with Crippen LogP contribution in [0, 0.1) is 11.3 Å². The number of carbonyl (C=O) groups excluding carboxylic acids is 1.